The largest absolute Gasteiger partial charge is 0.385 e. The molecule has 6 nitrogen and oxygen atoms in total. The predicted octanol–water partition coefficient (Wildman–Crippen LogP) is 4.23. The summed E-state index contributed by atoms with van der Waals surface area (Å²) >= 11 is 7.09. The van der Waals surface area contributed by atoms with Crippen LogP contribution in [0.3, 0.4) is 0 Å². The number of hydrogen-bond acceptors (Lipinski definition) is 5. The third-order valence-corrected chi connectivity index (χ3v) is 6.26. The maximum Gasteiger partial charge on any atom is 0.262 e. The molecule has 1 unspecified atom stereocenters. The van der Waals surface area contributed by atoms with Gasteiger partial charge in [0.2, 0.25) is 5.91 Å². The molecule has 0 saturated carbocycles. The number of likely N-dealkylation sites (N-methyl/N-ethyl adjacent to an activating group) is 1. The van der Waals surface area contributed by atoms with Gasteiger partial charge in [0.1, 0.15) is 6.04 Å². The van der Waals surface area contributed by atoms with E-state index < -0.39 is 6.04 Å². The van der Waals surface area contributed by atoms with Crippen LogP contribution in [0.4, 0.5) is 5.69 Å². The van der Waals surface area contributed by atoms with E-state index in [-0.39, 0.29) is 11.8 Å². The minimum Gasteiger partial charge on any atom is -0.385 e. The lowest BCUT2D eigenvalue weighted by molar-refractivity contribution is -0.118. The number of amides is 2. The number of halogens is 1. The van der Waals surface area contributed by atoms with Gasteiger partial charge in [-0.15, -0.1) is 11.3 Å². The van der Waals surface area contributed by atoms with Gasteiger partial charge in [-0.1, -0.05) is 31.5 Å². The third-order valence-electron chi connectivity index (χ3n) is 5.03. The van der Waals surface area contributed by atoms with E-state index in [1.807, 2.05) is 26.0 Å². The normalized spacial score (nSPS) is 14.5. The van der Waals surface area contributed by atoms with Crippen LogP contribution in [0.15, 0.2) is 30.3 Å². The minimum atomic E-state index is -0.701. The van der Waals surface area contributed by atoms with Crippen LogP contribution in [0.2, 0.25) is 4.34 Å². The molecule has 1 aliphatic rings. The number of benzene rings is 1. The fourth-order valence-electron chi connectivity index (χ4n) is 3.31. The van der Waals surface area contributed by atoms with Crippen molar-refractivity contribution in [3.63, 3.8) is 0 Å². The second-order valence-electron chi connectivity index (χ2n) is 7.19. The van der Waals surface area contributed by atoms with Crippen molar-refractivity contribution in [2.45, 2.75) is 39.2 Å². The number of carbonyl (C=O) groups is 2. The molecular formula is C23H32ClN3O3S. The Kier molecular flexibility index (Phi) is 10.5. The summed E-state index contributed by atoms with van der Waals surface area (Å²) in [6.07, 6.45) is 2.34. The zero-order chi connectivity index (χ0) is 22.8. The first-order valence-electron chi connectivity index (χ1n) is 10.6. The summed E-state index contributed by atoms with van der Waals surface area (Å²) in [5.41, 5.74) is 3.33. The van der Waals surface area contributed by atoms with E-state index in [1.54, 1.807) is 19.2 Å². The summed E-state index contributed by atoms with van der Waals surface area (Å²) < 4.78 is 5.64. The van der Waals surface area contributed by atoms with Gasteiger partial charge in [-0.05, 0) is 61.7 Å². The van der Waals surface area contributed by atoms with Gasteiger partial charge >= 0.3 is 0 Å². The number of ether oxygens (including phenoxy) is 1. The Labute approximate surface area is 193 Å². The van der Waals surface area contributed by atoms with Crippen molar-refractivity contribution in [2.75, 3.05) is 39.2 Å². The van der Waals surface area contributed by atoms with Crippen molar-refractivity contribution in [1.29, 1.82) is 0 Å². The van der Waals surface area contributed by atoms with Crippen LogP contribution in [0, 0.1) is 0 Å². The molecule has 1 aromatic heterocycles. The van der Waals surface area contributed by atoms with Gasteiger partial charge in [0.25, 0.3) is 5.91 Å². The van der Waals surface area contributed by atoms with Crippen LogP contribution in [-0.4, -0.2) is 56.6 Å². The highest BCUT2D eigenvalue weighted by atomic mass is 35.5. The average Bonchev–Trinajstić information content (AvgIpc) is 3.13. The Balaban J connectivity index is 0.00000166. The first kappa shape index (κ1) is 25.3. The van der Waals surface area contributed by atoms with E-state index in [9.17, 15) is 9.59 Å². The average molecular weight is 466 g/mol. The molecule has 0 radical (unpaired) electrons. The highest BCUT2D eigenvalue weighted by molar-refractivity contribution is 7.18. The molecule has 0 spiro atoms. The zero-order valence-corrected chi connectivity index (χ0v) is 20.2. The Morgan fingerprint density at radius 2 is 1.87 bits per heavy atom. The summed E-state index contributed by atoms with van der Waals surface area (Å²) in [7, 11) is 3.69. The quantitative estimate of drug-likeness (QED) is 0.641. The first-order valence-corrected chi connectivity index (χ1v) is 11.8. The molecule has 0 saturated heterocycles. The van der Waals surface area contributed by atoms with E-state index in [2.05, 4.69) is 28.6 Å². The van der Waals surface area contributed by atoms with Gasteiger partial charge < -0.3 is 20.3 Å². The molecule has 2 heterocycles. The maximum absolute atomic E-state index is 12.9. The van der Waals surface area contributed by atoms with Crippen molar-refractivity contribution < 1.29 is 14.3 Å². The Bertz CT molecular complexity index is 872. The molecule has 0 fully saturated rings. The van der Waals surface area contributed by atoms with E-state index >= 15 is 0 Å². The van der Waals surface area contributed by atoms with Crippen molar-refractivity contribution in [2.24, 2.45) is 0 Å². The summed E-state index contributed by atoms with van der Waals surface area (Å²) in [4.78, 5) is 28.1. The third kappa shape index (κ3) is 7.61. The molecule has 2 N–H and O–H groups in total. The van der Waals surface area contributed by atoms with Gasteiger partial charge in [-0.25, -0.2) is 0 Å². The number of fused-ring (bicyclic) bond motifs is 1. The van der Waals surface area contributed by atoms with Crippen LogP contribution in [0.1, 0.15) is 41.1 Å². The summed E-state index contributed by atoms with van der Waals surface area (Å²) in [6.45, 7) is 6.40. The van der Waals surface area contributed by atoms with Gasteiger partial charge in [-0.3, -0.25) is 9.59 Å². The van der Waals surface area contributed by atoms with Crippen LogP contribution < -0.4 is 10.6 Å². The van der Waals surface area contributed by atoms with Gasteiger partial charge in [0, 0.05) is 32.5 Å². The van der Waals surface area contributed by atoms with Crippen LogP contribution in [0.5, 0.6) is 0 Å². The lowest BCUT2D eigenvalue weighted by Crippen LogP contribution is -2.44. The molecule has 170 valence electrons. The smallest absolute Gasteiger partial charge is 0.262 e. The Morgan fingerprint density at radius 3 is 2.52 bits per heavy atom. The molecule has 0 bridgehead atoms. The van der Waals surface area contributed by atoms with Crippen LogP contribution >= 0.6 is 22.9 Å². The molecule has 2 aromatic rings. The summed E-state index contributed by atoms with van der Waals surface area (Å²) in [5, 5.41) is 5.74. The minimum absolute atomic E-state index is 0.260. The van der Waals surface area contributed by atoms with Crippen LogP contribution in [-0.2, 0) is 22.4 Å². The van der Waals surface area contributed by atoms with E-state index in [1.165, 1.54) is 22.5 Å². The predicted molar refractivity (Wildman–Crippen MR) is 128 cm³/mol. The second kappa shape index (κ2) is 12.8. The van der Waals surface area contributed by atoms with Gasteiger partial charge in [0.05, 0.1) is 9.21 Å². The monoisotopic (exact) mass is 465 g/mol. The van der Waals surface area contributed by atoms with E-state index in [4.69, 9.17) is 16.3 Å². The molecule has 2 amide bonds. The van der Waals surface area contributed by atoms with Crippen molar-refractivity contribution in [3.05, 3.63) is 50.7 Å². The molecule has 1 aromatic carbocycles. The van der Waals surface area contributed by atoms with Crippen molar-refractivity contribution >= 4 is 40.4 Å². The van der Waals surface area contributed by atoms with Crippen molar-refractivity contribution in [1.82, 2.24) is 10.2 Å². The number of nitrogens with zero attached hydrogens (tertiary/aromatic N) is 1. The molecule has 1 atom stereocenters. The van der Waals surface area contributed by atoms with Gasteiger partial charge in [-0.2, -0.15) is 0 Å². The van der Waals surface area contributed by atoms with E-state index in [0.717, 1.165) is 31.6 Å². The van der Waals surface area contributed by atoms with Gasteiger partial charge in [0.15, 0.2) is 0 Å². The number of nitrogens with one attached hydrogen (secondary N) is 2. The zero-order valence-electron chi connectivity index (χ0n) is 18.7. The second-order valence-corrected chi connectivity index (χ2v) is 8.90. The molecule has 0 aliphatic carbocycles. The lowest BCUT2D eigenvalue weighted by Gasteiger charge is -2.18. The Morgan fingerprint density at radius 1 is 1.16 bits per heavy atom. The lowest BCUT2D eigenvalue weighted by atomic mass is 10.0. The number of methoxy groups -OCH3 is 1. The maximum atomic E-state index is 12.9. The number of carbonyl (C=O) groups excluding carboxylic acids is 2. The highest BCUT2D eigenvalue weighted by Crippen LogP contribution is 2.22. The number of hydrogen-bond donors (Lipinski definition) is 2. The van der Waals surface area contributed by atoms with Crippen molar-refractivity contribution in [3.8, 4) is 0 Å². The van der Waals surface area contributed by atoms with E-state index in [0.29, 0.717) is 22.2 Å². The Hall–Kier alpha value is -1.93. The topological polar surface area (TPSA) is 70.7 Å². The standard InChI is InChI=1S/C21H26ClN3O3S.C2H6/c1-25-10-7-14-3-4-16(13-15(14)8-11-25)23-20(26)17(9-12-28-2)24-21(27)18-5-6-19(22)29-18;1-2/h3-6,13,17H,7-12H2,1-2H3,(H,23,26)(H,24,27);1-2H3. The fraction of sp³-hybridized carbons (Fsp3) is 0.478. The number of rotatable bonds is 7. The SMILES string of the molecule is CC.COCCC(NC(=O)c1ccc(Cl)s1)C(=O)Nc1ccc2c(c1)CCN(C)CC2. The number of thiophene rings is 1. The summed E-state index contributed by atoms with van der Waals surface area (Å²) in [5.74, 6) is -0.577. The molecular weight excluding hydrogens is 434 g/mol. The fourth-order valence-corrected chi connectivity index (χ4v) is 4.26. The molecule has 1 aliphatic heterocycles. The first-order chi connectivity index (χ1) is 15.0. The molecule has 8 heteroatoms. The molecule has 31 heavy (non-hydrogen) atoms. The highest BCUT2D eigenvalue weighted by Gasteiger charge is 2.23. The number of anilines is 1. The summed E-state index contributed by atoms with van der Waals surface area (Å²) in [6, 6.07) is 8.67. The molecule has 3 rings (SSSR count). The van der Waals surface area contributed by atoms with Crippen LogP contribution in [0.25, 0.3) is 0 Å².